The number of ether oxygens (including phenoxy) is 2. The van der Waals surface area contributed by atoms with Crippen LogP contribution in [0.5, 0.6) is 11.5 Å². The van der Waals surface area contributed by atoms with Crippen molar-refractivity contribution in [2.75, 3.05) is 26.6 Å². The van der Waals surface area contributed by atoms with Crippen LogP contribution in [0.3, 0.4) is 0 Å². The number of hydrogen-bond acceptors (Lipinski definition) is 5. The molecule has 112 valence electrons. The maximum atomic E-state index is 12.2. The number of nitrogens with one attached hydrogen (secondary N) is 1. The molecule has 0 bridgehead atoms. The Hall–Kier alpha value is -1.95. The third-order valence-corrected chi connectivity index (χ3v) is 2.99. The smallest absolute Gasteiger partial charge is 0.253 e. The Bertz CT molecular complexity index is 463. The monoisotopic (exact) mass is 282 g/mol. The van der Waals surface area contributed by atoms with Crippen LogP contribution in [0.2, 0.25) is 0 Å². The number of methoxy groups -OCH3 is 2. The summed E-state index contributed by atoms with van der Waals surface area (Å²) in [5.74, 6) is 0.617. The van der Waals surface area contributed by atoms with Crippen LogP contribution < -0.4 is 20.5 Å². The van der Waals surface area contributed by atoms with Crippen LogP contribution in [-0.2, 0) is 0 Å². The van der Waals surface area contributed by atoms with Crippen LogP contribution in [0.4, 0.5) is 5.69 Å². The summed E-state index contributed by atoms with van der Waals surface area (Å²) in [6, 6.07) is 3.15. The van der Waals surface area contributed by atoms with Gasteiger partial charge in [0.15, 0.2) is 0 Å². The molecule has 0 saturated carbocycles. The molecule has 0 spiro atoms. The molecular weight excluding hydrogens is 260 g/mol. The number of amides is 1. The highest BCUT2D eigenvalue weighted by Gasteiger charge is 2.17. The lowest BCUT2D eigenvalue weighted by atomic mass is 10.1. The maximum Gasteiger partial charge on any atom is 0.253 e. The summed E-state index contributed by atoms with van der Waals surface area (Å²) < 4.78 is 10.3. The van der Waals surface area contributed by atoms with E-state index < -0.39 is 0 Å². The number of aliphatic hydroxyl groups is 1. The molecular formula is C14H22N2O4. The van der Waals surface area contributed by atoms with Gasteiger partial charge in [-0.15, -0.1) is 0 Å². The average molecular weight is 282 g/mol. The highest BCUT2D eigenvalue weighted by atomic mass is 16.5. The first-order valence-corrected chi connectivity index (χ1v) is 6.46. The molecule has 4 N–H and O–H groups in total. The Morgan fingerprint density at radius 3 is 2.65 bits per heavy atom. The molecule has 0 saturated heterocycles. The average Bonchev–Trinajstić information content (AvgIpc) is 2.45. The maximum absolute atomic E-state index is 12.2. The highest BCUT2D eigenvalue weighted by molar-refractivity contribution is 6.01. The lowest BCUT2D eigenvalue weighted by Gasteiger charge is -2.16. The van der Waals surface area contributed by atoms with E-state index in [1.165, 1.54) is 14.2 Å². The van der Waals surface area contributed by atoms with Gasteiger partial charge in [-0.05, 0) is 25.8 Å². The van der Waals surface area contributed by atoms with Gasteiger partial charge in [0, 0.05) is 18.7 Å². The highest BCUT2D eigenvalue weighted by Crippen LogP contribution is 2.31. The van der Waals surface area contributed by atoms with Crippen molar-refractivity contribution >= 4 is 11.6 Å². The fourth-order valence-corrected chi connectivity index (χ4v) is 1.85. The van der Waals surface area contributed by atoms with E-state index in [0.717, 1.165) is 0 Å². The minimum absolute atomic E-state index is 0.0498. The number of carbonyl (C=O) groups excluding carboxylic acids is 1. The van der Waals surface area contributed by atoms with Gasteiger partial charge in [0.1, 0.15) is 11.5 Å². The van der Waals surface area contributed by atoms with Gasteiger partial charge in [0.2, 0.25) is 0 Å². The normalized spacial score (nSPS) is 11.8. The lowest BCUT2D eigenvalue weighted by molar-refractivity contribution is 0.0936. The molecule has 1 amide bonds. The largest absolute Gasteiger partial charge is 0.497 e. The molecule has 1 unspecified atom stereocenters. The Balaban J connectivity index is 2.91. The van der Waals surface area contributed by atoms with Crippen LogP contribution in [0.25, 0.3) is 0 Å². The fraction of sp³-hybridized carbons (Fsp3) is 0.500. The molecule has 20 heavy (non-hydrogen) atoms. The summed E-state index contributed by atoms with van der Waals surface area (Å²) in [5.41, 5.74) is 6.51. The SMILES string of the molecule is COc1cc(OC)c(N)c(C(=O)NC(C)CCCO)c1. The number of carbonyl (C=O) groups is 1. The van der Waals surface area contributed by atoms with Gasteiger partial charge in [0.05, 0.1) is 25.5 Å². The predicted molar refractivity (Wildman–Crippen MR) is 77.2 cm³/mol. The number of nitrogens with two attached hydrogens (primary N) is 1. The zero-order valence-electron chi connectivity index (χ0n) is 12.1. The predicted octanol–water partition coefficient (Wildman–Crippen LogP) is 1.18. The first-order chi connectivity index (χ1) is 9.53. The Kier molecular flexibility index (Phi) is 6.11. The molecule has 0 fully saturated rings. The summed E-state index contributed by atoms with van der Waals surface area (Å²) in [7, 11) is 2.99. The summed E-state index contributed by atoms with van der Waals surface area (Å²) >= 11 is 0. The van der Waals surface area contributed by atoms with Crippen molar-refractivity contribution in [3.8, 4) is 11.5 Å². The Labute approximate surface area is 118 Å². The second-order valence-electron chi connectivity index (χ2n) is 4.53. The third kappa shape index (κ3) is 4.03. The second-order valence-corrected chi connectivity index (χ2v) is 4.53. The van der Waals surface area contributed by atoms with E-state index in [2.05, 4.69) is 5.32 Å². The zero-order chi connectivity index (χ0) is 15.1. The van der Waals surface area contributed by atoms with E-state index in [9.17, 15) is 4.79 Å². The van der Waals surface area contributed by atoms with Crippen molar-refractivity contribution < 1.29 is 19.4 Å². The molecule has 0 aliphatic rings. The quantitative estimate of drug-likeness (QED) is 0.653. The van der Waals surface area contributed by atoms with Crippen molar-refractivity contribution in [2.45, 2.75) is 25.8 Å². The van der Waals surface area contributed by atoms with Crippen LogP contribution in [0.15, 0.2) is 12.1 Å². The molecule has 1 aromatic rings. The molecule has 6 heteroatoms. The Morgan fingerprint density at radius 1 is 1.40 bits per heavy atom. The molecule has 0 heterocycles. The molecule has 0 radical (unpaired) electrons. The van der Waals surface area contributed by atoms with Crippen molar-refractivity contribution in [2.24, 2.45) is 0 Å². The van der Waals surface area contributed by atoms with E-state index in [0.29, 0.717) is 29.9 Å². The van der Waals surface area contributed by atoms with Gasteiger partial charge in [0.25, 0.3) is 5.91 Å². The summed E-state index contributed by atoms with van der Waals surface area (Å²) in [6.45, 7) is 1.98. The molecule has 1 rings (SSSR count). The van der Waals surface area contributed by atoms with Gasteiger partial charge in [-0.2, -0.15) is 0 Å². The van der Waals surface area contributed by atoms with Crippen LogP contribution >= 0.6 is 0 Å². The van der Waals surface area contributed by atoms with E-state index >= 15 is 0 Å². The van der Waals surface area contributed by atoms with E-state index in [4.69, 9.17) is 20.3 Å². The second kappa shape index (κ2) is 7.59. The topological polar surface area (TPSA) is 93.8 Å². The third-order valence-electron chi connectivity index (χ3n) is 2.99. The van der Waals surface area contributed by atoms with Crippen LogP contribution in [-0.4, -0.2) is 37.9 Å². The molecule has 0 aliphatic heterocycles. The minimum Gasteiger partial charge on any atom is -0.497 e. The zero-order valence-corrected chi connectivity index (χ0v) is 12.1. The van der Waals surface area contributed by atoms with Crippen molar-refractivity contribution in [1.82, 2.24) is 5.32 Å². The first kappa shape index (κ1) is 16.1. The number of nitrogen functional groups attached to an aromatic ring is 1. The van der Waals surface area contributed by atoms with Gasteiger partial charge >= 0.3 is 0 Å². The number of aliphatic hydroxyl groups excluding tert-OH is 1. The lowest BCUT2D eigenvalue weighted by Crippen LogP contribution is -2.33. The van der Waals surface area contributed by atoms with Gasteiger partial charge in [-0.1, -0.05) is 0 Å². The van der Waals surface area contributed by atoms with E-state index in [1.807, 2.05) is 6.92 Å². The Morgan fingerprint density at radius 2 is 2.10 bits per heavy atom. The number of rotatable bonds is 7. The number of benzene rings is 1. The van der Waals surface area contributed by atoms with E-state index in [-0.39, 0.29) is 24.2 Å². The van der Waals surface area contributed by atoms with Gasteiger partial charge < -0.3 is 25.6 Å². The van der Waals surface area contributed by atoms with Crippen molar-refractivity contribution in [3.63, 3.8) is 0 Å². The summed E-state index contributed by atoms with van der Waals surface area (Å²) in [6.07, 6.45) is 1.33. The van der Waals surface area contributed by atoms with Crippen LogP contribution in [0, 0.1) is 0 Å². The summed E-state index contributed by atoms with van der Waals surface area (Å²) in [5, 5.41) is 11.6. The van der Waals surface area contributed by atoms with Gasteiger partial charge in [-0.3, -0.25) is 4.79 Å². The minimum atomic E-state index is -0.287. The molecule has 0 aromatic heterocycles. The molecule has 0 aliphatic carbocycles. The summed E-state index contributed by atoms with van der Waals surface area (Å²) in [4.78, 5) is 12.2. The van der Waals surface area contributed by atoms with E-state index in [1.54, 1.807) is 12.1 Å². The number of hydrogen-bond donors (Lipinski definition) is 3. The van der Waals surface area contributed by atoms with Crippen LogP contribution in [0.1, 0.15) is 30.1 Å². The fourth-order valence-electron chi connectivity index (χ4n) is 1.85. The van der Waals surface area contributed by atoms with Crippen molar-refractivity contribution in [3.05, 3.63) is 17.7 Å². The first-order valence-electron chi connectivity index (χ1n) is 6.46. The molecule has 1 aromatic carbocycles. The molecule has 1 atom stereocenters. The standard InChI is InChI=1S/C14H22N2O4/c1-9(5-4-6-17)16-14(18)11-7-10(19-2)8-12(20-3)13(11)15/h7-9,17H,4-6,15H2,1-3H3,(H,16,18). The molecule has 6 nitrogen and oxygen atoms in total. The number of anilines is 1. The van der Waals surface area contributed by atoms with Crippen molar-refractivity contribution in [1.29, 1.82) is 0 Å². The van der Waals surface area contributed by atoms with Gasteiger partial charge in [-0.25, -0.2) is 0 Å².